The van der Waals surface area contributed by atoms with E-state index in [4.69, 9.17) is 0 Å². The first-order valence-electron chi connectivity index (χ1n) is 11.8. The zero-order chi connectivity index (χ0) is 24.2. The number of aromatic nitrogens is 1. The lowest BCUT2D eigenvalue weighted by molar-refractivity contribution is 0.102. The first-order valence-corrected chi connectivity index (χ1v) is 11.8. The lowest BCUT2D eigenvalue weighted by Gasteiger charge is -2.22. The first kappa shape index (κ1) is 23.2. The van der Waals surface area contributed by atoms with Crippen LogP contribution in [0.5, 0.6) is 0 Å². The third-order valence-corrected chi connectivity index (χ3v) is 6.28. The largest absolute Gasteiger partial charge is 0.321 e. The van der Waals surface area contributed by atoms with Gasteiger partial charge in [0.25, 0.3) is 5.91 Å². The summed E-state index contributed by atoms with van der Waals surface area (Å²) in [5.41, 5.74) is 6.92. The van der Waals surface area contributed by atoms with Crippen molar-refractivity contribution in [2.75, 3.05) is 5.32 Å². The molecule has 0 saturated carbocycles. The lowest BCUT2D eigenvalue weighted by Crippen LogP contribution is -2.27. The average molecular weight is 451 g/mol. The summed E-state index contributed by atoms with van der Waals surface area (Å²) < 4.78 is 2.01. The Balaban J connectivity index is 2.00. The van der Waals surface area contributed by atoms with E-state index in [1.54, 1.807) is 6.07 Å². The molecule has 1 aromatic heterocycles. The summed E-state index contributed by atoms with van der Waals surface area (Å²) in [6.45, 7) is 8.04. The summed E-state index contributed by atoms with van der Waals surface area (Å²) in [6.07, 6.45) is 1.58. The van der Waals surface area contributed by atoms with Gasteiger partial charge < -0.3 is 9.88 Å². The van der Waals surface area contributed by atoms with Crippen LogP contribution >= 0.6 is 0 Å². The lowest BCUT2D eigenvalue weighted by atomic mass is 9.97. The van der Waals surface area contributed by atoms with Gasteiger partial charge in [0, 0.05) is 28.7 Å². The van der Waals surface area contributed by atoms with Crippen molar-refractivity contribution in [1.82, 2.24) is 4.57 Å². The van der Waals surface area contributed by atoms with Crippen molar-refractivity contribution in [2.24, 2.45) is 0 Å². The van der Waals surface area contributed by atoms with Crippen LogP contribution in [0, 0.1) is 13.8 Å². The second-order valence-electron chi connectivity index (χ2n) is 8.47. The van der Waals surface area contributed by atoms with Crippen molar-refractivity contribution in [2.45, 2.75) is 40.5 Å². The van der Waals surface area contributed by atoms with Crippen LogP contribution in [-0.4, -0.2) is 10.5 Å². The van der Waals surface area contributed by atoms with E-state index in [9.17, 15) is 9.59 Å². The van der Waals surface area contributed by atoms with Crippen LogP contribution in [0.4, 0.5) is 5.69 Å². The number of rotatable bonds is 6. The van der Waals surface area contributed by atoms with E-state index in [1.807, 2.05) is 91.2 Å². The van der Waals surface area contributed by atoms with Crippen LogP contribution in [0.3, 0.4) is 0 Å². The molecule has 3 aromatic carbocycles. The Morgan fingerprint density at radius 1 is 0.824 bits per heavy atom. The number of hydrogen-bond donors (Lipinski definition) is 1. The topological polar surface area (TPSA) is 51.1 Å². The molecule has 0 bridgehead atoms. The highest BCUT2D eigenvalue weighted by atomic mass is 16.2. The molecular formula is C30H30N2O2. The van der Waals surface area contributed by atoms with Crippen LogP contribution < -0.4 is 10.7 Å². The minimum Gasteiger partial charge on any atom is -0.321 e. The van der Waals surface area contributed by atoms with Gasteiger partial charge in [-0.15, -0.1) is 0 Å². The van der Waals surface area contributed by atoms with Gasteiger partial charge in [-0.2, -0.15) is 0 Å². The Kier molecular flexibility index (Phi) is 6.78. The molecule has 0 aliphatic rings. The van der Waals surface area contributed by atoms with Crippen LogP contribution in [-0.2, 0) is 12.8 Å². The first-order chi connectivity index (χ1) is 16.5. The van der Waals surface area contributed by atoms with E-state index in [0.717, 1.165) is 52.2 Å². The van der Waals surface area contributed by atoms with E-state index < -0.39 is 0 Å². The van der Waals surface area contributed by atoms with Gasteiger partial charge in [-0.25, -0.2) is 0 Å². The van der Waals surface area contributed by atoms with Gasteiger partial charge in [0.05, 0.1) is 5.69 Å². The van der Waals surface area contributed by atoms with Crippen molar-refractivity contribution in [3.8, 4) is 16.9 Å². The normalized spacial score (nSPS) is 10.8. The molecule has 0 aliphatic heterocycles. The fourth-order valence-corrected chi connectivity index (χ4v) is 4.53. The van der Waals surface area contributed by atoms with Gasteiger partial charge in [-0.05, 0) is 55.5 Å². The highest BCUT2D eigenvalue weighted by Crippen LogP contribution is 2.31. The molecule has 0 radical (unpaired) electrons. The second-order valence-corrected chi connectivity index (χ2v) is 8.47. The zero-order valence-electron chi connectivity index (χ0n) is 20.2. The van der Waals surface area contributed by atoms with Crippen LogP contribution in [0.25, 0.3) is 16.9 Å². The number of aryl methyl sites for hydroxylation is 4. The number of anilines is 1. The molecule has 1 heterocycles. The fourth-order valence-electron chi connectivity index (χ4n) is 4.53. The van der Waals surface area contributed by atoms with Gasteiger partial charge in [0.2, 0.25) is 0 Å². The number of carbonyl (C=O) groups excluding carboxylic acids is 1. The van der Waals surface area contributed by atoms with Crippen molar-refractivity contribution >= 4 is 11.6 Å². The average Bonchev–Trinajstić information content (AvgIpc) is 2.84. The minimum atomic E-state index is -0.386. The van der Waals surface area contributed by atoms with Gasteiger partial charge in [-0.3, -0.25) is 9.59 Å². The highest BCUT2D eigenvalue weighted by molar-refractivity contribution is 6.09. The maximum atomic E-state index is 13.8. The van der Waals surface area contributed by atoms with Crippen LogP contribution in [0.2, 0.25) is 0 Å². The fraction of sp³-hybridized carbons (Fsp3) is 0.200. The van der Waals surface area contributed by atoms with Gasteiger partial charge >= 0.3 is 0 Å². The number of para-hydroxylation sites is 2. The molecule has 172 valence electrons. The van der Waals surface area contributed by atoms with Crippen molar-refractivity contribution in [3.63, 3.8) is 0 Å². The summed E-state index contributed by atoms with van der Waals surface area (Å²) in [5, 5.41) is 3.11. The number of pyridine rings is 1. The summed E-state index contributed by atoms with van der Waals surface area (Å²) in [4.78, 5) is 27.2. The Morgan fingerprint density at radius 3 is 2.06 bits per heavy atom. The summed E-state index contributed by atoms with van der Waals surface area (Å²) in [5.74, 6) is -0.386. The van der Waals surface area contributed by atoms with Gasteiger partial charge in [0.15, 0.2) is 5.43 Å². The Morgan fingerprint density at radius 2 is 1.44 bits per heavy atom. The highest BCUT2D eigenvalue weighted by Gasteiger charge is 2.24. The number of benzene rings is 3. The summed E-state index contributed by atoms with van der Waals surface area (Å²) >= 11 is 0. The molecule has 0 aliphatic carbocycles. The zero-order valence-corrected chi connectivity index (χ0v) is 20.2. The molecule has 4 rings (SSSR count). The monoisotopic (exact) mass is 450 g/mol. The molecule has 4 aromatic rings. The molecule has 0 atom stereocenters. The van der Waals surface area contributed by atoms with Crippen LogP contribution in [0.15, 0.2) is 83.7 Å². The van der Waals surface area contributed by atoms with Crippen molar-refractivity contribution < 1.29 is 4.79 Å². The number of nitrogens with one attached hydrogen (secondary N) is 1. The second kappa shape index (κ2) is 9.92. The van der Waals surface area contributed by atoms with E-state index in [0.29, 0.717) is 5.69 Å². The molecule has 4 nitrogen and oxygen atoms in total. The Hall–Kier alpha value is -3.92. The molecule has 0 fully saturated rings. The summed E-state index contributed by atoms with van der Waals surface area (Å²) in [7, 11) is 0. The number of carbonyl (C=O) groups is 1. The summed E-state index contributed by atoms with van der Waals surface area (Å²) in [6, 6.07) is 25.3. The van der Waals surface area contributed by atoms with Crippen LogP contribution in [0.1, 0.15) is 46.6 Å². The molecule has 0 unspecified atom stereocenters. The Labute approximate surface area is 200 Å². The van der Waals surface area contributed by atoms with Gasteiger partial charge in [0.1, 0.15) is 5.56 Å². The molecule has 34 heavy (non-hydrogen) atoms. The molecule has 1 amide bonds. The Bertz CT molecular complexity index is 1380. The van der Waals surface area contributed by atoms with E-state index >= 15 is 0 Å². The predicted octanol–water partition coefficient (Wildman–Crippen LogP) is 6.50. The molecule has 1 N–H and O–H groups in total. The maximum absolute atomic E-state index is 13.8. The van der Waals surface area contributed by atoms with E-state index in [2.05, 4.69) is 19.2 Å². The standard InChI is InChI=1S/C30H30N2O2/c1-5-22-14-12-15-23(6-2)28(22)31-30(34)27-26(33)19-21(4)32(24-16-8-7-9-17-24)29(27)25-18-11-10-13-20(25)3/h7-19H,5-6H2,1-4H3,(H,31,34). The molecule has 0 saturated heterocycles. The minimum absolute atomic E-state index is 0.150. The van der Waals surface area contributed by atoms with Gasteiger partial charge in [-0.1, -0.05) is 74.5 Å². The van der Waals surface area contributed by atoms with E-state index in [1.165, 1.54) is 0 Å². The smallest absolute Gasteiger partial charge is 0.261 e. The van der Waals surface area contributed by atoms with E-state index in [-0.39, 0.29) is 16.9 Å². The molecule has 0 spiro atoms. The van der Waals surface area contributed by atoms with Crippen molar-refractivity contribution in [1.29, 1.82) is 0 Å². The number of hydrogen-bond acceptors (Lipinski definition) is 2. The predicted molar refractivity (Wildman–Crippen MR) is 140 cm³/mol. The number of amides is 1. The van der Waals surface area contributed by atoms with Crippen molar-refractivity contribution in [3.05, 3.63) is 117 Å². The maximum Gasteiger partial charge on any atom is 0.261 e. The third-order valence-electron chi connectivity index (χ3n) is 6.28. The molecular weight excluding hydrogens is 420 g/mol. The third kappa shape index (κ3) is 4.32. The number of nitrogens with zero attached hydrogens (tertiary/aromatic N) is 1. The SMILES string of the molecule is CCc1cccc(CC)c1NC(=O)c1c(-c2ccccc2C)n(-c2ccccc2)c(C)cc1=O. The molecule has 4 heteroatoms. The quantitative estimate of drug-likeness (QED) is 0.365.